The number of carbonyl (C=O) groups excluding carboxylic acids is 3. The van der Waals surface area contributed by atoms with Gasteiger partial charge < -0.3 is 25.1 Å². The van der Waals surface area contributed by atoms with Gasteiger partial charge in [0.2, 0.25) is 11.8 Å². The molecule has 0 saturated carbocycles. The maximum absolute atomic E-state index is 12.7. The molecule has 2 amide bonds. The number of para-hydroxylation sites is 1. The highest BCUT2D eigenvalue weighted by Crippen LogP contribution is 2.39. The summed E-state index contributed by atoms with van der Waals surface area (Å²) in [5.74, 6) is 0.529. The molecule has 2 heterocycles. The smallest absolute Gasteiger partial charge is 0.243 e. The topological polar surface area (TPSA) is 129 Å². The Morgan fingerprint density at radius 1 is 1.41 bits per heavy atom. The van der Waals surface area contributed by atoms with Gasteiger partial charge >= 0.3 is 0 Å². The molecule has 1 aliphatic heterocycles. The van der Waals surface area contributed by atoms with E-state index in [1.165, 1.54) is 0 Å². The summed E-state index contributed by atoms with van der Waals surface area (Å²) < 4.78 is 5.91. The van der Waals surface area contributed by atoms with E-state index in [2.05, 4.69) is 26.0 Å². The summed E-state index contributed by atoms with van der Waals surface area (Å²) >= 11 is 0. The van der Waals surface area contributed by atoms with Crippen molar-refractivity contribution >= 4 is 23.8 Å². The van der Waals surface area contributed by atoms with Gasteiger partial charge in [-0.25, -0.2) is 0 Å². The predicted molar refractivity (Wildman–Crippen MR) is 118 cm³/mol. The number of aromatic nitrogens is 3. The number of aromatic amines is 1. The van der Waals surface area contributed by atoms with Crippen LogP contribution in [-0.4, -0.2) is 59.2 Å². The molecule has 0 fully saturated rings. The summed E-state index contributed by atoms with van der Waals surface area (Å²) in [5.41, 5.74) is 2.44. The molecule has 10 nitrogen and oxygen atoms in total. The summed E-state index contributed by atoms with van der Waals surface area (Å²) in [4.78, 5) is 38.2. The van der Waals surface area contributed by atoms with Gasteiger partial charge in [-0.2, -0.15) is 15.4 Å². The molecule has 0 radical (unpaired) electrons. The van der Waals surface area contributed by atoms with Gasteiger partial charge in [0, 0.05) is 19.9 Å². The van der Waals surface area contributed by atoms with Crippen molar-refractivity contribution in [2.24, 2.45) is 5.92 Å². The molecule has 0 saturated heterocycles. The number of nitrogens with zero attached hydrogens (tertiary/aromatic N) is 3. The van der Waals surface area contributed by atoms with E-state index >= 15 is 0 Å². The Hall–Kier alpha value is -3.43. The van der Waals surface area contributed by atoms with E-state index in [0.29, 0.717) is 30.6 Å². The van der Waals surface area contributed by atoms with Crippen molar-refractivity contribution in [1.29, 1.82) is 0 Å². The maximum atomic E-state index is 12.7. The number of nitrogens with one attached hydrogen (secondary N) is 3. The van der Waals surface area contributed by atoms with Crippen molar-refractivity contribution in [3.05, 3.63) is 35.7 Å². The summed E-state index contributed by atoms with van der Waals surface area (Å²) in [5, 5.41) is 15.8. The molecular formula is C22H30N6O4. The fraction of sp³-hybridized carbons (Fsp3) is 0.500. The number of carbonyl (C=O) groups is 3. The number of H-pyrrole nitrogens is 1. The molecule has 3 rings (SSSR count). The normalized spacial score (nSPS) is 16.7. The Morgan fingerprint density at radius 3 is 2.91 bits per heavy atom. The van der Waals surface area contributed by atoms with Gasteiger partial charge in [0.25, 0.3) is 0 Å². The predicted octanol–water partition coefficient (Wildman–Crippen LogP) is 0.981. The van der Waals surface area contributed by atoms with Crippen molar-refractivity contribution in [3.8, 4) is 5.75 Å². The van der Waals surface area contributed by atoms with Gasteiger partial charge in [-0.05, 0) is 17.5 Å². The molecule has 1 aliphatic rings. The number of aldehydes is 1. The number of anilines is 1. The van der Waals surface area contributed by atoms with Gasteiger partial charge in [-0.3, -0.25) is 9.59 Å². The molecule has 1 aromatic carbocycles. The molecule has 3 N–H and O–H groups in total. The monoisotopic (exact) mass is 442 g/mol. The van der Waals surface area contributed by atoms with Crippen molar-refractivity contribution in [3.63, 3.8) is 0 Å². The molecule has 0 bridgehead atoms. The van der Waals surface area contributed by atoms with Crippen LogP contribution in [0.25, 0.3) is 0 Å². The SMILES string of the molecule is CCC(C)CC(=O)NC(C=O)COc1cccc2c1N(C)C(C(=O)NCc1cn[nH]n1)C2. The zero-order chi connectivity index (χ0) is 23.1. The van der Waals surface area contributed by atoms with Crippen LogP contribution < -0.4 is 20.3 Å². The van der Waals surface area contributed by atoms with Gasteiger partial charge in [0.05, 0.1) is 18.4 Å². The first kappa shape index (κ1) is 23.2. The highest BCUT2D eigenvalue weighted by molar-refractivity contribution is 5.89. The molecule has 0 spiro atoms. The number of amides is 2. The first-order valence-corrected chi connectivity index (χ1v) is 10.8. The minimum atomic E-state index is -0.740. The quantitative estimate of drug-likeness (QED) is 0.442. The molecule has 10 heteroatoms. The number of hydrogen-bond donors (Lipinski definition) is 3. The van der Waals surface area contributed by atoms with Crippen LogP contribution in [0.2, 0.25) is 0 Å². The summed E-state index contributed by atoms with van der Waals surface area (Å²) in [6, 6.07) is 4.48. The first-order valence-electron chi connectivity index (χ1n) is 10.8. The molecule has 1 aromatic heterocycles. The fourth-order valence-corrected chi connectivity index (χ4v) is 3.65. The molecule has 172 valence electrons. The summed E-state index contributed by atoms with van der Waals surface area (Å²) in [7, 11) is 1.84. The molecule has 2 aromatic rings. The Labute approximate surface area is 187 Å². The number of ether oxygens (including phenoxy) is 1. The van der Waals surface area contributed by atoms with Crippen molar-refractivity contribution < 1.29 is 19.1 Å². The van der Waals surface area contributed by atoms with Crippen LogP contribution >= 0.6 is 0 Å². The highest BCUT2D eigenvalue weighted by Gasteiger charge is 2.34. The van der Waals surface area contributed by atoms with Gasteiger partial charge in [0.1, 0.15) is 36.4 Å². The third kappa shape index (κ3) is 5.63. The van der Waals surface area contributed by atoms with E-state index in [4.69, 9.17) is 4.74 Å². The van der Waals surface area contributed by atoms with Crippen LogP contribution in [0.1, 0.15) is 37.9 Å². The standard InChI is InChI=1S/C22H30N6O4/c1-4-14(2)8-20(30)25-17(12-29)13-32-19-7-5-6-15-9-18(28(3)21(15)19)22(31)23-10-16-11-24-27-26-16/h5-7,11-12,14,17-18H,4,8-10,13H2,1-3H3,(H,23,31)(H,25,30)(H,24,26,27). The Kier molecular flexibility index (Phi) is 7.80. The van der Waals surface area contributed by atoms with Gasteiger partial charge in [-0.15, -0.1) is 0 Å². The van der Waals surface area contributed by atoms with Gasteiger partial charge in [0.15, 0.2) is 0 Å². The number of fused-ring (bicyclic) bond motifs is 1. The number of rotatable bonds is 11. The van der Waals surface area contributed by atoms with Gasteiger partial charge in [-0.1, -0.05) is 32.4 Å². The first-order chi connectivity index (χ1) is 15.4. The average Bonchev–Trinajstić information content (AvgIpc) is 3.43. The summed E-state index contributed by atoms with van der Waals surface area (Å²) in [6.07, 6.45) is 4.05. The van der Waals surface area contributed by atoms with Crippen LogP contribution in [-0.2, 0) is 27.3 Å². The lowest BCUT2D eigenvalue weighted by atomic mass is 10.0. The largest absolute Gasteiger partial charge is 0.489 e. The number of benzene rings is 1. The van der Waals surface area contributed by atoms with Crippen LogP contribution in [0.4, 0.5) is 5.69 Å². The zero-order valence-corrected chi connectivity index (χ0v) is 18.6. The fourth-order valence-electron chi connectivity index (χ4n) is 3.65. The van der Waals surface area contributed by atoms with Crippen LogP contribution in [0, 0.1) is 5.92 Å². The van der Waals surface area contributed by atoms with Crippen LogP contribution in [0.3, 0.4) is 0 Å². The second-order valence-corrected chi connectivity index (χ2v) is 8.11. The van der Waals surface area contributed by atoms with Crippen LogP contribution in [0.15, 0.2) is 24.4 Å². The molecular weight excluding hydrogens is 412 g/mol. The van der Waals surface area contributed by atoms with Crippen molar-refractivity contribution in [1.82, 2.24) is 26.0 Å². The third-order valence-corrected chi connectivity index (χ3v) is 5.69. The summed E-state index contributed by atoms with van der Waals surface area (Å²) in [6.45, 7) is 4.32. The average molecular weight is 443 g/mol. The Balaban J connectivity index is 1.60. The number of likely N-dealkylation sites (N-methyl/N-ethyl adjacent to an activating group) is 1. The lowest BCUT2D eigenvalue weighted by Gasteiger charge is -2.24. The molecule has 3 atom stereocenters. The Morgan fingerprint density at radius 2 is 2.22 bits per heavy atom. The van der Waals surface area contributed by atoms with Crippen molar-refractivity contribution in [2.75, 3.05) is 18.6 Å². The third-order valence-electron chi connectivity index (χ3n) is 5.69. The minimum absolute atomic E-state index is 0.0169. The lowest BCUT2D eigenvalue weighted by Crippen LogP contribution is -2.43. The zero-order valence-electron chi connectivity index (χ0n) is 18.6. The second-order valence-electron chi connectivity index (χ2n) is 8.11. The molecule has 32 heavy (non-hydrogen) atoms. The van der Waals surface area contributed by atoms with E-state index in [9.17, 15) is 14.4 Å². The second kappa shape index (κ2) is 10.7. The molecule has 0 aliphatic carbocycles. The molecule has 3 unspecified atom stereocenters. The maximum Gasteiger partial charge on any atom is 0.243 e. The Bertz CT molecular complexity index is 933. The van der Waals surface area contributed by atoms with Crippen molar-refractivity contribution in [2.45, 2.75) is 51.7 Å². The van der Waals surface area contributed by atoms with E-state index in [1.807, 2.05) is 37.9 Å². The minimum Gasteiger partial charge on any atom is -0.489 e. The number of hydrogen-bond acceptors (Lipinski definition) is 7. The van der Waals surface area contributed by atoms with Crippen LogP contribution in [0.5, 0.6) is 5.75 Å². The van der Waals surface area contributed by atoms with E-state index in [0.717, 1.165) is 17.7 Å². The van der Waals surface area contributed by atoms with E-state index < -0.39 is 12.1 Å². The van der Waals surface area contributed by atoms with E-state index in [1.54, 1.807) is 12.3 Å². The lowest BCUT2D eigenvalue weighted by molar-refractivity contribution is -0.125. The van der Waals surface area contributed by atoms with E-state index in [-0.39, 0.29) is 30.9 Å². The highest BCUT2D eigenvalue weighted by atomic mass is 16.5.